The highest BCUT2D eigenvalue weighted by Crippen LogP contribution is 2.23. The summed E-state index contributed by atoms with van der Waals surface area (Å²) in [6, 6.07) is 7.68. The molecule has 1 aromatic carbocycles. The van der Waals surface area contributed by atoms with Crippen LogP contribution >= 0.6 is 36.2 Å². The number of thiazole rings is 1. The number of carbonyl (C=O) groups is 1. The smallest absolute Gasteiger partial charge is 0.273 e. The minimum atomic E-state index is -0.227. The summed E-state index contributed by atoms with van der Waals surface area (Å²) >= 11 is 1.43. The highest BCUT2D eigenvalue weighted by molar-refractivity contribution is 7.09. The molecule has 4 rings (SSSR count). The predicted octanol–water partition coefficient (Wildman–Crippen LogP) is 3.68. The van der Waals surface area contributed by atoms with Crippen LogP contribution in [0.1, 0.15) is 40.3 Å². The van der Waals surface area contributed by atoms with Gasteiger partial charge < -0.3 is 10.2 Å². The SMILES string of the molecule is Cl.Cl.O=C(c1csc(Cc2ccccc2F)n1)N1CCC2CCC(C1)N2. The second kappa shape index (κ2) is 9.13. The highest BCUT2D eigenvalue weighted by Gasteiger charge is 2.32. The third-order valence-electron chi connectivity index (χ3n) is 4.88. The summed E-state index contributed by atoms with van der Waals surface area (Å²) in [5, 5.41) is 6.16. The maximum absolute atomic E-state index is 13.8. The molecule has 8 heteroatoms. The topological polar surface area (TPSA) is 45.2 Å². The van der Waals surface area contributed by atoms with Gasteiger partial charge in [0.25, 0.3) is 5.91 Å². The Morgan fingerprint density at radius 2 is 2.00 bits per heavy atom. The number of halogens is 3. The van der Waals surface area contributed by atoms with Gasteiger partial charge in [-0.05, 0) is 30.9 Å². The van der Waals surface area contributed by atoms with Crippen molar-refractivity contribution in [2.45, 2.75) is 37.8 Å². The largest absolute Gasteiger partial charge is 0.336 e. The van der Waals surface area contributed by atoms with Crippen molar-refractivity contribution in [3.8, 4) is 0 Å². The molecule has 142 valence electrons. The van der Waals surface area contributed by atoms with Crippen LogP contribution in [0.15, 0.2) is 29.6 Å². The molecule has 2 aliphatic rings. The summed E-state index contributed by atoms with van der Waals surface area (Å²) in [7, 11) is 0. The zero-order chi connectivity index (χ0) is 16.5. The zero-order valence-electron chi connectivity index (χ0n) is 14.2. The van der Waals surface area contributed by atoms with E-state index in [0.717, 1.165) is 30.9 Å². The second-order valence-corrected chi connectivity index (χ2v) is 7.52. The summed E-state index contributed by atoms with van der Waals surface area (Å²) < 4.78 is 13.8. The van der Waals surface area contributed by atoms with E-state index in [1.807, 2.05) is 11.0 Å². The molecular formula is C18H22Cl2FN3OS. The van der Waals surface area contributed by atoms with E-state index in [-0.39, 0.29) is 36.5 Å². The summed E-state index contributed by atoms with van der Waals surface area (Å²) in [5.74, 6) is -0.226. The Bertz CT molecular complexity index is 758. The number of carbonyl (C=O) groups excluding carboxylic acids is 1. The number of nitrogens with one attached hydrogen (secondary N) is 1. The molecular weight excluding hydrogens is 396 g/mol. The Labute approximate surface area is 169 Å². The molecule has 1 aromatic heterocycles. The van der Waals surface area contributed by atoms with Crippen LogP contribution in [0.2, 0.25) is 0 Å². The number of hydrogen-bond donors (Lipinski definition) is 1. The number of likely N-dealkylation sites (tertiary alicyclic amines) is 1. The van der Waals surface area contributed by atoms with Crippen LogP contribution in [0.5, 0.6) is 0 Å². The van der Waals surface area contributed by atoms with Crippen molar-refractivity contribution in [2.24, 2.45) is 0 Å². The first-order chi connectivity index (χ1) is 11.7. The third-order valence-corrected chi connectivity index (χ3v) is 5.73. The van der Waals surface area contributed by atoms with Gasteiger partial charge in [-0.15, -0.1) is 36.2 Å². The number of amides is 1. The lowest BCUT2D eigenvalue weighted by Gasteiger charge is -2.23. The Balaban J connectivity index is 0.00000121. The van der Waals surface area contributed by atoms with Gasteiger partial charge in [-0.2, -0.15) is 0 Å². The molecule has 2 unspecified atom stereocenters. The molecule has 26 heavy (non-hydrogen) atoms. The molecule has 0 saturated carbocycles. The van der Waals surface area contributed by atoms with E-state index in [9.17, 15) is 9.18 Å². The Morgan fingerprint density at radius 3 is 2.81 bits per heavy atom. The summed E-state index contributed by atoms with van der Waals surface area (Å²) in [6.45, 7) is 1.54. The lowest BCUT2D eigenvalue weighted by atomic mass is 10.1. The molecule has 3 heterocycles. The number of nitrogens with zero attached hydrogens (tertiary/aromatic N) is 2. The van der Waals surface area contributed by atoms with Gasteiger partial charge in [0.1, 0.15) is 11.5 Å². The fourth-order valence-corrected chi connectivity index (χ4v) is 4.38. The van der Waals surface area contributed by atoms with E-state index in [1.54, 1.807) is 17.5 Å². The van der Waals surface area contributed by atoms with Crippen molar-refractivity contribution < 1.29 is 9.18 Å². The molecule has 1 N–H and O–H groups in total. The zero-order valence-corrected chi connectivity index (χ0v) is 16.6. The van der Waals surface area contributed by atoms with Crippen LogP contribution in [0.25, 0.3) is 0 Å². The van der Waals surface area contributed by atoms with Gasteiger partial charge in [0.05, 0.1) is 5.01 Å². The van der Waals surface area contributed by atoms with Gasteiger partial charge in [-0.1, -0.05) is 18.2 Å². The molecule has 1 amide bonds. The van der Waals surface area contributed by atoms with Crippen molar-refractivity contribution in [1.29, 1.82) is 0 Å². The highest BCUT2D eigenvalue weighted by atomic mass is 35.5. The minimum Gasteiger partial charge on any atom is -0.336 e. The quantitative estimate of drug-likeness (QED) is 0.827. The standard InChI is InChI=1S/C18H20FN3OS.2ClH/c19-15-4-2-1-3-12(15)9-17-21-16(11-24-17)18(23)22-8-7-13-5-6-14(10-22)20-13;;/h1-4,11,13-14,20H,5-10H2;2*1H. The van der Waals surface area contributed by atoms with Crippen LogP contribution in [0.3, 0.4) is 0 Å². The maximum Gasteiger partial charge on any atom is 0.273 e. The number of fused-ring (bicyclic) bond motifs is 2. The van der Waals surface area contributed by atoms with E-state index in [4.69, 9.17) is 0 Å². The molecule has 0 radical (unpaired) electrons. The number of hydrogen-bond acceptors (Lipinski definition) is 4. The van der Waals surface area contributed by atoms with Crippen molar-refractivity contribution in [2.75, 3.05) is 13.1 Å². The molecule has 2 aromatic rings. The third kappa shape index (κ3) is 4.55. The first kappa shape index (κ1) is 21.1. The Hall–Kier alpha value is -1.21. The molecule has 2 saturated heterocycles. The van der Waals surface area contributed by atoms with Crippen LogP contribution in [-0.2, 0) is 6.42 Å². The lowest BCUT2D eigenvalue weighted by Crippen LogP contribution is -2.39. The molecule has 2 atom stereocenters. The molecule has 4 nitrogen and oxygen atoms in total. The molecule has 2 fully saturated rings. The lowest BCUT2D eigenvalue weighted by molar-refractivity contribution is 0.0743. The summed E-state index contributed by atoms with van der Waals surface area (Å²) in [5.41, 5.74) is 1.10. The summed E-state index contributed by atoms with van der Waals surface area (Å²) in [4.78, 5) is 19.1. The van der Waals surface area contributed by atoms with Gasteiger partial charge in [-0.3, -0.25) is 4.79 Å². The number of aromatic nitrogens is 1. The fourth-order valence-electron chi connectivity index (χ4n) is 3.58. The Kier molecular flexibility index (Phi) is 7.41. The van der Waals surface area contributed by atoms with Crippen molar-refractivity contribution in [3.63, 3.8) is 0 Å². The van der Waals surface area contributed by atoms with E-state index in [0.29, 0.717) is 29.8 Å². The van der Waals surface area contributed by atoms with Crippen LogP contribution < -0.4 is 5.32 Å². The van der Waals surface area contributed by atoms with E-state index >= 15 is 0 Å². The normalized spacial score (nSPS) is 21.5. The monoisotopic (exact) mass is 417 g/mol. The Morgan fingerprint density at radius 1 is 1.23 bits per heavy atom. The van der Waals surface area contributed by atoms with Gasteiger partial charge >= 0.3 is 0 Å². The van der Waals surface area contributed by atoms with E-state index in [2.05, 4.69) is 10.3 Å². The van der Waals surface area contributed by atoms with Gasteiger partial charge in [0, 0.05) is 37.0 Å². The van der Waals surface area contributed by atoms with E-state index in [1.165, 1.54) is 23.8 Å². The number of rotatable bonds is 3. The van der Waals surface area contributed by atoms with Crippen LogP contribution in [0.4, 0.5) is 4.39 Å². The van der Waals surface area contributed by atoms with Crippen molar-refractivity contribution >= 4 is 42.1 Å². The van der Waals surface area contributed by atoms with Gasteiger partial charge in [0.15, 0.2) is 0 Å². The first-order valence-electron chi connectivity index (χ1n) is 8.42. The summed E-state index contributed by atoms with van der Waals surface area (Å²) in [6.07, 6.45) is 3.80. The average molecular weight is 418 g/mol. The molecule has 2 bridgehead atoms. The fraction of sp³-hybridized carbons (Fsp3) is 0.444. The van der Waals surface area contributed by atoms with Gasteiger partial charge in [0.2, 0.25) is 0 Å². The predicted molar refractivity (Wildman–Crippen MR) is 106 cm³/mol. The molecule has 2 aliphatic heterocycles. The molecule has 0 spiro atoms. The van der Waals surface area contributed by atoms with Gasteiger partial charge in [-0.25, -0.2) is 9.37 Å². The van der Waals surface area contributed by atoms with Crippen LogP contribution in [0, 0.1) is 5.82 Å². The average Bonchev–Trinajstić information content (AvgIpc) is 3.16. The number of benzene rings is 1. The molecule has 0 aliphatic carbocycles. The van der Waals surface area contributed by atoms with E-state index < -0.39 is 0 Å². The maximum atomic E-state index is 13.8. The van der Waals surface area contributed by atoms with Crippen molar-refractivity contribution in [3.05, 3.63) is 51.7 Å². The van der Waals surface area contributed by atoms with Crippen LogP contribution in [-0.4, -0.2) is 41.0 Å². The minimum absolute atomic E-state index is 0. The first-order valence-corrected chi connectivity index (χ1v) is 9.30. The second-order valence-electron chi connectivity index (χ2n) is 6.57. The van der Waals surface area contributed by atoms with Crippen molar-refractivity contribution in [1.82, 2.24) is 15.2 Å².